The van der Waals surface area contributed by atoms with Crippen molar-refractivity contribution >= 4 is 23.5 Å². The molecule has 0 saturated heterocycles. The summed E-state index contributed by atoms with van der Waals surface area (Å²) in [4.78, 5) is 9.22. The van der Waals surface area contributed by atoms with Crippen molar-refractivity contribution in [3.05, 3.63) is 23.3 Å². The number of halogens is 1. The number of rotatable bonds is 3. The standard InChI is InChI=1S/C17H19N5O2.ClH/c1-9-13-11(8-12(10-4-5-10)19-15(13)24-21-9)14-20-16(22-23-14)17(18)6-2-3-7-17;/h8,10H,2-7,18H2,1H3;1H. The Balaban J connectivity index is 0.00000157. The number of nitrogens with two attached hydrogens (primary N) is 1. The molecule has 25 heavy (non-hydrogen) atoms. The van der Waals surface area contributed by atoms with E-state index in [1.165, 1.54) is 0 Å². The van der Waals surface area contributed by atoms with Gasteiger partial charge in [-0.1, -0.05) is 23.2 Å². The Bertz CT molecular complexity index is 924. The second-order valence-corrected chi connectivity index (χ2v) is 7.10. The Hall–Kier alpha value is -1.99. The number of fused-ring (bicyclic) bond motifs is 1. The van der Waals surface area contributed by atoms with E-state index in [9.17, 15) is 0 Å². The fourth-order valence-electron chi connectivity index (χ4n) is 3.64. The molecule has 2 N–H and O–H groups in total. The van der Waals surface area contributed by atoms with Gasteiger partial charge >= 0.3 is 0 Å². The van der Waals surface area contributed by atoms with Crippen LogP contribution in [0, 0.1) is 6.92 Å². The average molecular weight is 362 g/mol. The van der Waals surface area contributed by atoms with Crippen LogP contribution in [0.4, 0.5) is 0 Å². The van der Waals surface area contributed by atoms with E-state index in [1.54, 1.807) is 0 Å². The fraction of sp³-hybridized carbons (Fsp3) is 0.529. The largest absolute Gasteiger partial charge is 0.336 e. The van der Waals surface area contributed by atoms with Crippen molar-refractivity contribution in [2.24, 2.45) is 5.73 Å². The Labute approximate surface area is 150 Å². The molecule has 0 unspecified atom stereocenters. The summed E-state index contributed by atoms with van der Waals surface area (Å²) in [6.45, 7) is 1.90. The molecule has 3 aromatic heterocycles. The molecule has 0 aliphatic heterocycles. The second kappa shape index (κ2) is 5.78. The number of hydrogen-bond acceptors (Lipinski definition) is 7. The normalized spacial score (nSPS) is 19.3. The predicted molar refractivity (Wildman–Crippen MR) is 93.4 cm³/mol. The third kappa shape index (κ3) is 2.62. The highest BCUT2D eigenvalue weighted by Crippen LogP contribution is 2.42. The van der Waals surface area contributed by atoms with E-state index >= 15 is 0 Å². The van der Waals surface area contributed by atoms with Gasteiger partial charge in [-0.3, -0.25) is 0 Å². The Morgan fingerprint density at radius 1 is 1.12 bits per heavy atom. The minimum Gasteiger partial charge on any atom is -0.336 e. The molecular formula is C17H20ClN5O2. The molecule has 7 nitrogen and oxygen atoms in total. The predicted octanol–water partition coefficient (Wildman–Crippen LogP) is 3.61. The summed E-state index contributed by atoms with van der Waals surface area (Å²) in [5.74, 6) is 1.57. The van der Waals surface area contributed by atoms with Crippen molar-refractivity contribution in [2.75, 3.05) is 0 Å². The molecule has 2 aliphatic carbocycles. The molecule has 0 bridgehead atoms. The zero-order valence-electron chi connectivity index (χ0n) is 14.0. The molecule has 8 heteroatoms. The topological polar surface area (TPSA) is 104 Å². The highest BCUT2D eigenvalue weighted by Gasteiger charge is 2.36. The summed E-state index contributed by atoms with van der Waals surface area (Å²) < 4.78 is 11.0. The summed E-state index contributed by atoms with van der Waals surface area (Å²) in [5.41, 5.74) is 9.16. The highest BCUT2D eigenvalue weighted by atomic mass is 35.5. The number of nitrogens with zero attached hydrogens (tertiary/aromatic N) is 4. The lowest BCUT2D eigenvalue weighted by molar-refractivity contribution is 0.373. The van der Waals surface area contributed by atoms with E-state index in [1.807, 2.05) is 13.0 Å². The van der Waals surface area contributed by atoms with E-state index in [2.05, 4.69) is 20.3 Å². The van der Waals surface area contributed by atoms with Crippen molar-refractivity contribution in [1.82, 2.24) is 20.3 Å². The summed E-state index contributed by atoms with van der Waals surface area (Å²) in [5, 5.41) is 9.06. The molecule has 0 spiro atoms. The van der Waals surface area contributed by atoms with Crippen LogP contribution in [0.5, 0.6) is 0 Å². The van der Waals surface area contributed by atoms with Crippen LogP contribution in [0.1, 0.15) is 61.7 Å². The molecule has 3 aromatic rings. The van der Waals surface area contributed by atoms with Crippen LogP contribution >= 0.6 is 12.4 Å². The van der Waals surface area contributed by atoms with Gasteiger partial charge in [0.15, 0.2) is 5.82 Å². The summed E-state index contributed by atoms with van der Waals surface area (Å²) >= 11 is 0. The van der Waals surface area contributed by atoms with Gasteiger partial charge in [-0.15, -0.1) is 12.4 Å². The minimum absolute atomic E-state index is 0. The average Bonchev–Trinajstić information content (AvgIpc) is 2.96. The maximum absolute atomic E-state index is 6.45. The monoisotopic (exact) mass is 361 g/mol. The zero-order valence-corrected chi connectivity index (χ0v) is 14.8. The number of hydrogen-bond donors (Lipinski definition) is 1. The highest BCUT2D eigenvalue weighted by molar-refractivity contribution is 5.91. The first-order chi connectivity index (χ1) is 11.6. The maximum Gasteiger partial charge on any atom is 0.259 e. The van der Waals surface area contributed by atoms with Gasteiger partial charge in [0.05, 0.1) is 22.2 Å². The third-order valence-corrected chi connectivity index (χ3v) is 5.23. The van der Waals surface area contributed by atoms with Gasteiger partial charge in [0.1, 0.15) is 0 Å². The van der Waals surface area contributed by atoms with Crippen LogP contribution in [-0.2, 0) is 5.54 Å². The fourth-order valence-corrected chi connectivity index (χ4v) is 3.64. The van der Waals surface area contributed by atoms with Crippen LogP contribution in [0.2, 0.25) is 0 Å². The summed E-state index contributed by atoms with van der Waals surface area (Å²) in [6, 6.07) is 2.04. The molecule has 0 atom stereocenters. The quantitative estimate of drug-likeness (QED) is 0.759. The van der Waals surface area contributed by atoms with Crippen LogP contribution in [0.25, 0.3) is 22.6 Å². The van der Waals surface area contributed by atoms with E-state index in [0.717, 1.165) is 60.9 Å². The molecule has 2 fully saturated rings. The van der Waals surface area contributed by atoms with E-state index in [-0.39, 0.29) is 12.4 Å². The van der Waals surface area contributed by atoms with Crippen LogP contribution in [0.3, 0.4) is 0 Å². The lowest BCUT2D eigenvalue weighted by Crippen LogP contribution is -2.34. The minimum atomic E-state index is -0.461. The van der Waals surface area contributed by atoms with Gasteiger partial charge in [-0.25, -0.2) is 4.98 Å². The number of aryl methyl sites for hydroxylation is 1. The van der Waals surface area contributed by atoms with Gasteiger partial charge in [-0.2, -0.15) is 4.98 Å². The van der Waals surface area contributed by atoms with Crippen molar-refractivity contribution in [1.29, 1.82) is 0 Å². The SMILES string of the molecule is Cc1noc2nc(C3CC3)cc(-c3nc(C4(N)CCCC4)no3)c12.Cl. The van der Waals surface area contributed by atoms with Gasteiger partial charge < -0.3 is 14.8 Å². The number of pyridine rings is 1. The lowest BCUT2D eigenvalue weighted by atomic mass is 9.98. The van der Waals surface area contributed by atoms with Gasteiger partial charge in [0, 0.05) is 11.6 Å². The molecule has 0 aromatic carbocycles. The first-order valence-electron chi connectivity index (χ1n) is 8.54. The molecule has 132 valence electrons. The Morgan fingerprint density at radius 3 is 2.60 bits per heavy atom. The smallest absolute Gasteiger partial charge is 0.259 e. The van der Waals surface area contributed by atoms with Crippen molar-refractivity contribution < 1.29 is 9.05 Å². The Morgan fingerprint density at radius 2 is 1.88 bits per heavy atom. The molecule has 5 rings (SSSR count). The lowest BCUT2D eigenvalue weighted by Gasteiger charge is -2.17. The number of aromatic nitrogens is 4. The van der Waals surface area contributed by atoms with Gasteiger partial charge in [-0.05, 0) is 38.7 Å². The molecule has 3 heterocycles. The summed E-state index contributed by atoms with van der Waals surface area (Å²) in [7, 11) is 0. The van der Waals surface area contributed by atoms with Crippen molar-refractivity contribution in [3.8, 4) is 11.5 Å². The maximum atomic E-state index is 6.45. The molecule has 0 radical (unpaired) electrons. The Kier molecular flexibility index (Phi) is 3.81. The van der Waals surface area contributed by atoms with E-state index < -0.39 is 5.54 Å². The molecule has 2 saturated carbocycles. The van der Waals surface area contributed by atoms with Gasteiger partial charge in [0.2, 0.25) is 0 Å². The molecular weight excluding hydrogens is 342 g/mol. The first kappa shape index (κ1) is 16.5. The van der Waals surface area contributed by atoms with E-state index in [0.29, 0.717) is 23.3 Å². The first-order valence-corrected chi connectivity index (χ1v) is 8.54. The van der Waals surface area contributed by atoms with Crippen LogP contribution in [0.15, 0.2) is 15.1 Å². The molecule has 0 amide bonds. The molecule has 2 aliphatic rings. The summed E-state index contributed by atoms with van der Waals surface area (Å²) in [6.07, 6.45) is 6.33. The second-order valence-electron chi connectivity index (χ2n) is 7.10. The van der Waals surface area contributed by atoms with Crippen molar-refractivity contribution in [2.45, 2.75) is 56.9 Å². The third-order valence-electron chi connectivity index (χ3n) is 5.23. The van der Waals surface area contributed by atoms with Gasteiger partial charge in [0.25, 0.3) is 11.6 Å². The van der Waals surface area contributed by atoms with E-state index in [4.69, 9.17) is 14.8 Å². The zero-order chi connectivity index (χ0) is 16.3. The van der Waals surface area contributed by atoms with Crippen LogP contribution in [-0.4, -0.2) is 20.3 Å². The van der Waals surface area contributed by atoms with Crippen LogP contribution < -0.4 is 5.73 Å². The van der Waals surface area contributed by atoms with Crippen molar-refractivity contribution in [3.63, 3.8) is 0 Å².